The van der Waals surface area contributed by atoms with Gasteiger partial charge < -0.3 is 14.4 Å². The predicted molar refractivity (Wildman–Crippen MR) is 126 cm³/mol. The van der Waals surface area contributed by atoms with Crippen molar-refractivity contribution in [1.82, 2.24) is 4.90 Å². The Balaban J connectivity index is 1.76. The summed E-state index contributed by atoms with van der Waals surface area (Å²) in [6.45, 7) is 2.00. The summed E-state index contributed by atoms with van der Waals surface area (Å²) >= 11 is 1.43. The summed E-state index contributed by atoms with van der Waals surface area (Å²) in [6.07, 6.45) is -0.0341. The van der Waals surface area contributed by atoms with E-state index in [1.165, 1.54) is 16.7 Å². The van der Waals surface area contributed by atoms with Crippen LogP contribution in [0.2, 0.25) is 0 Å². The number of likely N-dealkylation sites (tertiary alicyclic amines) is 1. The first-order valence-electron chi connectivity index (χ1n) is 10.6. The largest absolute Gasteiger partial charge is 0.496 e. The molecule has 33 heavy (non-hydrogen) atoms. The summed E-state index contributed by atoms with van der Waals surface area (Å²) in [6, 6.07) is 16.7. The number of rotatable bonds is 7. The van der Waals surface area contributed by atoms with Crippen molar-refractivity contribution in [2.75, 3.05) is 26.5 Å². The lowest BCUT2D eigenvalue weighted by molar-refractivity contribution is -0.137. The lowest BCUT2D eigenvalue weighted by atomic mass is 10.0. The van der Waals surface area contributed by atoms with Crippen molar-refractivity contribution in [3.05, 3.63) is 48.0 Å². The van der Waals surface area contributed by atoms with E-state index in [0.717, 1.165) is 11.1 Å². The molecule has 4 atom stereocenters. The molecule has 2 unspecified atom stereocenters. The van der Waals surface area contributed by atoms with Crippen molar-refractivity contribution in [2.24, 2.45) is 5.92 Å². The number of amides is 1. The van der Waals surface area contributed by atoms with E-state index in [-0.39, 0.29) is 17.7 Å². The minimum atomic E-state index is -1.41. The fourth-order valence-corrected chi connectivity index (χ4v) is 4.30. The normalized spacial score (nSPS) is 19.6. The topological polar surface area (TPSA) is 86.3 Å². The number of hydrogen-bond acceptors (Lipinski definition) is 6. The van der Waals surface area contributed by atoms with Gasteiger partial charge in [0.2, 0.25) is 5.91 Å². The number of piperidine rings is 1. The van der Waals surface area contributed by atoms with E-state index >= 15 is 4.39 Å². The highest BCUT2D eigenvalue weighted by Crippen LogP contribution is 2.34. The lowest BCUT2D eigenvalue weighted by Crippen LogP contribution is -2.51. The van der Waals surface area contributed by atoms with Gasteiger partial charge in [0.15, 0.2) is 6.17 Å². The Morgan fingerprint density at radius 3 is 2.67 bits per heavy atom. The molecule has 1 saturated heterocycles. The Bertz CT molecular complexity index is 1080. The number of carbonyl (C=O) groups excluding carboxylic acids is 1. The Hall–Kier alpha value is -3.23. The average Bonchev–Trinajstić information content (AvgIpc) is 2.85. The van der Waals surface area contributed by atoms with E-state index < -0.39 is 18.2 Å². The van der Waals surface area contributed by atoms with E-state index in [2.05, 4.69) is 12.1 Å². The minimum Gasteiger partial charge on any atom is -0.496 e. The molecule has 0 saturated carbocycles. The van der Waals surface area contributed by atoms with Crippen LogP contribution >= 0.6 is 11.8 Å². The maximum Gasteiger partial charge on any atom is 0.241 e. The summed E-state index contributed by atoms with van der Waals surface area (Å²) in [4.78, 5) is 14.1. The molecule has 2 aromatic carbocycles. The van der Waals surface area contributed by atoms with Gasteiger partial charge in [-0.2, -0.15) is 22.3 Å². The van der Waals surface area contributed by atoms with E-state index in [1.807, 2.05) is 37.4 Å². The smallest absolute Gasteiger partial charge is 0.241 e. The van der Waals surface area contributed by atoms with Gasteiger partial charge in [-0.25, -0.2) is 4.39 Å². The molecule has 0 bridgehead atoms. The van der Waals surface area contributed by atoms with Crippen LogP contribution in [0.3, 0.4) is 0 Å². The molecule has 8 heteroatoms. The quantitative estimate of drug-likeness (QED) is 0.598. The van der Waals surface area contributed by atoms with Gasteiger partial charge in [-0.1, -0.05) is 25.1 Å². The number of para-hydroxylation sites is 1. The van der Waals surface area contributed by atoms with Crippen LogP contribution in [0.5, 0.6) is 11.5 Å². The molecule has 0 radical (unpaired) electrons. The van der Waals surface area contributed by atoms with Crippen molar-refractivity contribution in [3.8, 4) is 34.8 Å². The number of nitriles is 2. The standard InChI is InChI=1S/C25H26FN3O3S/c1-16(33-3)21(14-28)25(30)29-9-8-24(22(26)15-29)32-19-11-17(13-27)10-18(12-19)20-6-4-5-7-23(20)31-2/h4-7,10-12,16,21-22,24H,8-9,15H2,1-3H3/t16?,21?,22-,24+/m1/s1. The van der Waals surface area contributed by atoms with Crippen LogP contribution in [0.4, 0.5) is 4.39 Å². The Kier molecular flexibility index (Phi) is 8.19. The van der Waals surface area contributed by atoms with Crippen LogP contribution in [0, 0.1) is 28.6 Å². The maximum absolute atomic E-state index is 15.0. The molecule has 1 amide bonds. The number of methoxy groups -OCH3 is 1. The summed E-state index contributed by atoms with van der Waals surface area (Å²) < 4.78 is 26.4. The fourth-order valence-electron chi connectivity index (χ4n) is 3.86. The van der Waals surface area contributed by atoms with Crippen LogP contribution in [-0.4, -0.2) is 54.8 Å². The van der Waals surface area contributed by atoms with Gasteiger partial charge in [-0.05, 0) is 36.1 Å². The third kappa shape index (κ3) is 5.58. The van der Waals surface area contributed by atoms with Crippen molar-refractivity contribution in [1.29, 1.82) is 10.5 Å². The first kappa shape index (κ1) is 24.4. The number of carbonyl (C=O) groups is 1. The van der Waals surface area contributed by atoms with E-state index in [1.54, 1.807) is 25.3 Å². The molecule has 0 aliphatic carbocycles. The van der Waals surface area contributed by atoms with Crippen LogP contribution in [0.1, 0.15) is 18.9 Å². The zero-order valence-electron chi connectivity index (χ0n) is 18.8. The number of halogens is 1. The second kappa shape index (κ2) is 11.1. The number of ether oxygens (including phenoxy) is 2. The lowest BCUT2D eigenvalue weighted by Gasteiger charge is -2.36. The number of hydrogen-bond donors (Lipinski definition) is 0. The van der Waals surface area contributed by atoms with Gasteiger partial charge in [0.05, 0.1) is 31.4 Å². The van der Waals surface area contributed by atoms with Gasteiger partial charge in [0.25, 0.3) is 0 Å². The van der Waals surface area contributed by atoms with Crippen molar-refractivity contribution < 1.29 is 18.7 Å². The van der Waals surface area contributed by atoms with Crippen LogP contribution in [0.15, 0.2) is 42.5 Å². The Labute approximate surface area is 197 Å². The highest BCUT2D eigenvalue weighted by atomic mass is 32.2. The average molecular weight is 468 g/mol. The van der Waals surface area contributed by atoms with Crippen LogP contribution in [-0.2, 0) is 4.79 Å². The third-order valence-electron chi connectivity index (χ3n) is 5.78. The van der Waals surface area contributed by atoms with Gasteiger partial charge in [0, 0.05) is 23.8 Å². The highest BCUT2D eigenvalue weighted by molar-refractivity contribution is 7.99. The minimum absolute atomic E-state index is 0.125. The molecular weight excluding hydrogens is 441 g/mol. The summed E-state index contributed by atoms with van der Waals surface area (Å²) in [5, 5.41) is 18.7. The molecule has 172 valence electrons. The number of alkyl halides is 1. The zero-order chi connectivity index (χ0) is 24.0. The molecule has 3 rings (SSSR count). The van der Waals surface area contributed by atoms with Crippen molar-refractivity contribution in [2.45, 2.75) is 30.9 Å². The number of thioether (sulfide) groups is 1. The SMILES string of the molecule is COc1ccccc1-c1cc(C#N)cc(O[C@H]2CCN(C(=O)C(C#N)C(C)SC)C[C@H]2F)c1. The van der Waals surface area contributed by atoms with Gasteiger partial charge in [-0.15, -0.1) is 0 Å². The number of benzene rings is 2. The highest BCUT2D eigenvalue weighted by Gasteiger charge is 2.37. The van der Waals surface area contributed by atoms with E-state index in [4.69, 9.17) is 9.47 Å². The predicted octanol–water partition coefficient (Wildman–Crippen LogP) is 4.44. The first-order chi connectivity index (χ1) is 15.9. The molecular formula is C25H26FN3O3S. The summed E-state index contributed by atoms with van der Waals surface area (Å²) in [5.41, 5.74) is 1.91. The van der Waals surface area contributed by atoms with Crippen molar-refractivity contribution >= 4 is 17.7 Å². The second-order valence-corrected chi connectivity index (χ2v) is 9.07. The van der Waals surface area contributed by atoms with E-state index in [9.17, 15) is 15.3 Å². The summed E-state index contributed by atoms with van der Waals surface area (Å²) in [5.74, 6) is -0.112. The van der Waals surface area contributed by atoms with Gasteiger partial charge in [-0.3, -0.25) is 4.79 Å². The van der Waals surface area contributed by atoms with E-state index in [0.29, 0.717) is 30.0 Å². The van der Waals surface area contributed by atoms with Crippen LogP contribution in [0.25, 0.3) is 11.1 Å². The van der Waals surface area contributed by atoms with Crippen molar-refractivity contribution in [3.63, 3.8) is 0 Å². The molecule has 6 nitrogen and oxygen atoms in total. The maximum atomic E-state index is 15.0. The van der Waals surface area contributed by atoms with Gasteiger partial charge in [0.1, 0.15) is 23.5 Å². The molecule has 0 N–H and O–H groups in total. The Morgan fingerprint density at radius 1 is 1.27 bits per heavy atom. The summed E-state index contributed by atoms with van der Waals surface area (Å²) in [7, 11) is 1.57. The second-order valence-electron chi connectivity index (χ2n) is 7.85. The molecule has 1 fully saturated rings. The third-order valence-corrected chi connectivity index (χ3v) is 6.80. The zero-order valence-corrected chi connectivity index (χ0v) is 19.6. The monoisotopic (exact) mass is 467 g/mol. The molecule has 0 aromatic heterocycles. The Morgan fingerprint density at radius 2 is 2.03 bits per heavy atom. The molecule has 1 aliphatic rings. The van der Waals surface area contributed by atoms with Crippen LogP contribution < -0.4 is 9.47 Å². The molecule has 1 aliphatic heterocycles. The fraction of sp³-hybridized carbons (Fsp3) is 0.400. The number of nitrogens with zero attached hydrogens (tertiary/aromatic N) is 3. The molecule has 2 aromatic rings. The van der Waals surface area contributed by atoms with Gasteiger partial charge >= 0.3 is 0 Å². The molecule has 0 spiro atoms. The molecule has 1 heterocycles. The first-order valence-corrected chi connectivity index (χ1v) is 11.9.